The molecule has 0 N–H and O–H groups in total. The topological polar surface area (TPSA) is 23.1 Å². The van der Waals surface area contributed by atoms with Crippen LogP contribution in [0.4, 0.5) is 0 Å². The van der Waals surface area contributed by atoms with Gasteiger partial charge in [0.25, 0.3) is 0 Å². The monoisotopic (exact) mass is 308 g/mol. The zero-order valence-electron chi connectivity index (χ0n) is 10.9. The second kappa shape index (κ2) is 21.1. The standard InChI is InChI=1S/2C5H5.C4H9O.CH3.Zr/c2*1-2-4-5-3-1;1-2-3-4-5;;/h2*1-3H,4H2;2-4H2,1H3;1H3;/q4*-1;+4. The maximum Gasteiger partial charge on any atom is 4.00 e. The van der Waals surface area contributed by atoms with Crippen molar-refractivity contribution >= 4 is 0 Å². The Kier molecular flexibility index (Phi) is 27.4. The van der Waals surface area contributed by atoms with Crippen LogP contribution in [0.2, 0.25) is 0 Å². The van der Waals surface area contributed by atoms with E-state index in [0.717, 1.165) is 25.7 Å². The fourth-order valence-electron chi connectivity index (χ4n) is 0.825. The van der Waals surface area contributed by atoms with Crippen molar-refractivity contribution in [2.45, 2.75) is 32.6 Å². The maximum absolute atomic E-state index is 9.53. The van der Waals surface area contributed by atoms with Crippen LogP contribution < -0.4 is 5.11 Å². The van der Waals surface area contributed by atoms with Gasteiger partial charge in [0.15, 0.2) is 0 Å². The van der Waals surface area contributed by atoms with E-state index in [0.29, 0.717) is 0 Å². The largest absolute Gasteiger partial charge is 4.00 e. The summed E-state index contributed by atoms with van der Waals surface area (Å²) in [6.07, 6.45) is 21.9. The zero-order valence-corrected chi connectivity index (χ0v) is 13.4. The third kappa shape index (κ3) is 21.6. The van der Waals surface area contributed by atoms with Gasteiger partial charge in [0.1, 0.15) is 0 Å². The molecular weight excluding hydrogens is 287 g/mol. The number of hydrogen-bond acceptors (Lipinski definition) is 1. The molecule has 0 radical (unpaired) electrons. The molecule has 0 atom stereocenters. The molecule has 0 saturated heterocycles. The Morgan fingerprint density at radius 3 is 1.59 bits per heavy atom. The Balaban J connectivity index is -0.000000163. The molecule has 2 aliphatic carbocycles. The SMILES string of the molecule is CCCC[O-].[C-]1=CC=CC1.[C-]1=CC=CC1.[CH3-].[Zr+4]. The van der Waals surface area contributed by atoms with E-state index in [9.17, 15) is 5.11 Å². The van der Waals surface area contributed by atoms with Gasteiger partial charge in [-0.2, -0.15) is 12.2 Å². The summed E-state index contributed by atoms with van der Waals surface area (Å²) < 4.78 is 0. The molecule has 0 aliphatic heterocycles. The third-order valence-corrected chi connectivity index (χ3v) is 1.67. The van der Waals surface area contributed by atoms with E-state index in [2.05, 4.69) is 24.3 Å². The van der Waals surface area contributed by atoms with Crippen LogP contribution in [0.5, 0.6) is 0 Å². The summed E-state index contributed by atoms with van der Waals surface area (Å²) in [6.45, 7) is 2.11. The van der Waals surface area contributed by atoms with Crippen LogP contribution in [-0.2, 0) is 26.2 Å². The molecule has 2 rings (SSSR count). The molecule has 0 aromatic rings. The molecule has 0 fully saturated rings. The molecule has 0 aromatic carbocycles. The van der Waals surface area contributed by atoms with Gasteiger partial charge in [0.2, 0.25) is 0 Å². The van der Waals surface area contributed by atoms with Crippen molar-refractivity contribution in [1.82, 2.24) is 0 Å². The molecule has 0 spiro atoms. The molecule has 2 heteroatoms. The van der Waals surface area contributed by atoms with Gasteiger partial charge in [-0.05, 0) is 0 Å². The van der Waals surface area contributed by atoms with E-state index in [1.54, 1.807) is 0 Å². The van der Waals surface area contributed by atoms with Crippen molar-refractivity contribution in [2.75, 3.05) is 6.61 Å². The minimum absolute atomic E-state index is 0. The first kappa shape index (κ1) is 22.0. The quantitative estimate of drug-likeness (QED) is 0.718. The van der Waals surface area contributed by atoms with Gasteiger partial charge in [-0.25, -0.2) is 24.3 Å². The Morgan fingerprint density at radius 1 is 1.06 bits per heavy atom. The zero-order chi connectivity index (χ0) is 11.2. The van der Waals surface area contributed by atoms with Crippen LogP contribution in [0.1, 0.15) is 32.6 Å². The van der Waals surface area contributed by atoms with Gasteiger partial charge < -0.3 is 12.5 Å². The summed E-state index contributed by atoms with van der Waals surface area (Å²) in [5, 5.41) is 9.53. The fourth-order valence-corrected chi connectivity index (χ4v) is 0.825. The van der Waals surface area contributed by atoms with Crippen molar-refractivity contribution in [3.05, 3.63) is 56.0 Å². The van der Waals surface area contributed by atoms with E-state index < -0.39 is 0 Å². The van der Waals surface area contributed by atoms with Crippen molar-refractivity contribution in [3.63, 3.8) is 0 Å². The molecule has 17 heavy (non-hydrogen) atoms. The van der Waals surface area contributed by atoms with Gasteiger partial charge in [-0.15, -0.1) is 19.4 Å². The molecule has 0 aromatic heterocycles. The molecule has 92 valence electrons. The number of unbranched alkanes of at least 4 members (excludes halogenated alkanes) is 1. The molecule has 1 nitrogen and oxygen atoms in total. The van der Waals surface area contributed by atoms with Crippen LogP contribution in [0.3, 0.4) is 0 Å². The minimum atomic E-state index is 0. The first-order chi connectivity index (χ1) is 7.41. The van der Waals surface area contributed by atoms with Crippen molar-refractivity contribution in [2.24, 2.45) is 0 Å². The number of hydrogen-bond donors (Lipinski definition) is 0. The van der Waals surface area contributed by atoms with Crippen LogP contribution >= 0.6 is 0 Å². The van der Waals surface area contributed by atoms with E-state index >= 15 is 0 Å². The van der Waals surface area contributed by atoms with Crippen molar-refractivity contribution in [3.8, 4) is 0 Å². The van der Waals surface area contributed by atoms with Crippen LogP contribution in [0.25, 0.3) is 0 Å². The molecule has 0 amide bonds. The van der Waals surface area contributed by atoms with Gasteiger partial charge in [0.05, 0.1) is 0 Å². The van der Waals surface area contributed by atoms with Crippen molar-refractivity contribution < 1.29 is 31.3 Å². The Morgan fingerprint density at radius 2 is 1.53 bits per heavy atom. The summed E-state index contributed by atoms with van der Waals surface area (Å²) in [5.41, 5.74) is 0. The van der Waals surface area contributed by atoms with Crippen LogP contribution in [0, 0.1) is 19.6 Å². The maximum atomic E-state index is 9.53. The van der Waals surface area contributed by atoms with Gasteiger partial charge in [-0.3, -0.25) is 12.2 Å². The van der Waals surface area contributed by atoms with Crippen LogP contribution in [-0.4, -0.2) is 6.61 Å². The van der Waals surface area contributed by atoms with E-state index in [1.807, 2.05) is 31.2 Å². The van der Waals surface area contributed by atoms with E-state index in [-0.39, 0.29) is 40.2 Å². The molecular formula is C15H22OZr. The Hall–Kier alpha value is -0.197. The predicted molar refractivity (Wildman–Crippen MR) is 69.3 cm³/mol. The molecule has 2 aliphatic rings. The second-order valence-electron chi connectivity index (χ2n) is 3.06. The van der Waals surface area contributed by atoms with E-state index in [4.69, 9.17) is 0 Å². The summed E-state index contributed by atoms with van der Waals surface area (Å²) in [6, 6.07) is 0. The first-order valence-electron chi connectivity index (χ1n) is 5.43. The van der Waals surface area contributed by atoms with Gasteiger partial charge in [-0.1, -0.05) is 19.8 Å². The Labute approximate surface area is 126 Å². The smallest absolute Gasteiger partial charge is 0.854 e. The summed E-state index contributed by atoms with van der Waals surface area (Å²) >= 11 is 0. The van der Waals surface area contributed by atoms with E-state index in [1.165, 1.54) is 0 Å². The number of rotatable bonds is 2. The van der Waals surface area contributed by atoms with Crippen molar-refractivity contribution in [1.29, 1.82) is 0 Å². The Bertz CT molecular complexity index is 183. The molecule has 0 heterocycles. The minimum Gasteiger partial charge on any atom is -0.854 e. The molecule has 0 unspecified atom stereocenters. The average Bonchev–Trinajstić information content (AvgIpc) is 2.99. The summed E-state index contributed by atoms with van der Waals surface area (Å²) in [4.78, 5) is 0. The number of allylic oxidation sites excluding steroid dienone is 8. The fraction of sp³-hybridized carbons (Fsp3) is 0.400. The predicted octanol–water partition coefficient (Wildman–Crippen LogP) is 3.21. The van der Waals surface area contributed by atoms with Gasteiger partial charge in [0, 0.05) is 0 Å². The normalized spacial score (nSPS) is 12.8. The molecule has 0 saturated carbocycles. The van der Waals surface area contributed by atoms with Gasteiger partial charge >= 0.3 is 26.2 Å². The average molecular weight is 310 g/mol. The summed E-state index contributed by atoms with van der Waals surface area (Å²) in [7, 11) is 0. The third-order valence-electron chi connectivity index (χ3n) is 1.67. The van der Waals surface area contributed by atoms with Crippen LogP contribution in [0.15, 0.2) is 36.5 Å². The summed E-state index contributed by atoms with van der Waals surface area (Å²) in [5.74, 6) is 0. The first-order valence-corrected chi connectivity index (χ1v) is 5.43. The second-order valence-corrected chi connectivity index (χ2v) is 3.06. The molecule has 0 bridgehead atoms.